The van der Waals surface area contributed by atoms with Crippen molar-refractivity contribution in [1.29, 1.82) is 0 Å². The highest BCUT2D eigenvalue weighted by molar-refractivity contribution is 6.03. The minimum absolute atomic E-state index is 0.221. The lowest BCUT2D eigenvalue weighted by atomic mass is 10.1. The van der Waals surface area contributed by atoms with Crippen LogP contribution in [0.3, 0.4) is 0 Å². The molecule has 1 amide bonds. The van der Waals surface area contributed by atoms with Gasteiger partial charge in [0.05, 0.1) is 0 Å². The second-order valence-electron chi connectivity index (χ2n) is 4.59. The maximum Gasteiger partial charge on any atom is 0.258 e. The number of anilines is 1. The van der Waals surface area contributed by atoms with Crippen LogP contribution in [-0.4, -0.2) is 21.1 Å². The lowest BCUT2D eigenvalue weighted by Crippen LogP contribution is -2.12. The Balaban J connectivity index is 1.67. The van der Waals surface area contributed by atoms with Gasteiger partial charge in [-0.3, -0.25) is 15.2 Å². The second-order valence-corrected chi connectivity index (χ2v) is 4.59. The van der Waals surface area contributed by atoms with Crippen LogP contribution in [0.15, 0.2) is 60.7 Å². The molecule has 5 heteroatoms. The van der Waals surface area contributed by atoms with Gasteiger partial charge in [0, 0.05) is 12.0 Å². The van der Waals surface area contributed by atoms with E-state index in [0.29, 0.717) is 17.8 Å². The fourth-order valence-electron chi connectivity index (χ4n) is 1.98. The predicted octanol–water partition coefficient (Wildman–Crippen LogP) is 2.65. The first-order valence-electron chi connectivity index (χ1n) is 6.63. The monoisotopic (exact) mass is 278 g/mol. The van der Waals surface area contributed by atoms with E-state index in [-0.39, 0.29) is 11.9 Å². The molecular formula is C16H14N4O. The molecule has 0 atom stereocenters. The quantitative estimate of drug-likeness (QED) is 0.770. The van der Waals surface area contributed by atoms with E-state index < -0.39 is 0 Å². The number of benzene rings is 2. The number of H-pyrrole nitrogens is 1. The Morgan fingerprint density at radius 3 is 2.38 bits per heavy atom. The molecule has 0 unspecified atom stereocenters. The summed E-state index contributed by atoms with van der Waals surface area (Å²) in [6.07, 6.45) is 0.648. The van der Waals surface area contributed by atoms with E-state index in [9.17, 15) is 4.79 Å². The van der Waals surface area contributed by atoms with Gasteiger partial charge in [-0.15, -0.1) is 5.10 Å². The molecular weight excluding hydrogens is 264 g/mol. The summed E-state index contributed by atoms with van der Waals surface area (Å²) in [7, 11) is 0. The van der Waals surface area contributed by atoms with Crippen molar-refractivity contribution in [3.8, 4) is 0 Å². The van der Waals surface area contributed by atoms with Crippen molar-refractivity contribution in [3.05, 3.63) is 77.6 Å². The smallest absolute Gasteiger partial charge is 0.258 e. The van der Waals surface area contributed by atoms with Gasteiger partial charge in [0.2, 0.25) is 5.95 Å². The molecule has 0 bridgehead atoms. The van der Waals surface area contributed by atoms with Crippen LogP contribution in [-0.2, 0) is 6.42 Å². The Kier molecular flexibility index (Phi) is 3.73. The maximum atomic E-state index is 12.0. The van der Waals surface area contributed by atoms with Crippen molar-refractivity contribution >= 4 is 11.9 Å². The average Bonchev–Trinajstić information content (AvgIpc) is 2.96. The highest BCUT2D eigenvalue weighted by Crippen LogP contribution is 2.08. The topological polar surface area (TPSA) is 70.7 Å². The third kappa shape index (κ3) is 3.33. The standard InChI is InChI=1S/C16H14N4O/c21-15(13-9-5-2-6-10-13)18-16-17-14(19-20-16)11-12-7-3-1-4-8-12/h1-10H,11H2,(H2,17,18,19,20,21). The SMILES string of the molecule is O=C(Nc1n[nH]c(Cc2ccccc2)n1)c1ccccc1. The van der Waals surface area contributed by atoms with Gasteiger partial charge in [-0.2, -0.15) is 4.98 Å². The first kappa shape index (κ1) is 13.1. The zero-order chi connectivity index (χ0) is 14.5. The molecule has 0 aliphatic heterocycles. The summed E-state index contributed by atoms with van der Waals surface area (Å²) in [6, 6.07) is 18.9. The average molecular weight is 278 g/mol. The number of amides is 1. The van der Waals surface area contributed by atoms with Gasteiger partial charge in [-0.05, 0) is 17.7 Å². The van der Waals surface area contributed by atoms with E-state index in [0.717, 1.165) is 5.56 Å². The number of rotatable bonds is 4. The third-order valence-electron chi connectivity index (χ3n) is 3.01. The molecule has 5 nitrogen and oxygen atoms in total. The molecule has 104 valence electrons. The first-order valence-corrected chi connectivity index (χ1v) is 6.63. The molecule has 0 spiro atoms. The highest BCUT2D eigenvalue weighted by Gasteiger charge is 2.09. The Morgan fingerprint density at radius 2 is 1.67 bits per heavy atom. The number of hydrogen-bond acceptors (Lipinski definition) is 3. The maximum absolute atomic E-state index is 12.0. The van der Waals surface area contributed by atoms with Gasteiger partial charge in [0.25, 0.3) is 5.91 Å². The molecule has 2 N–H and O–H groups in total. The van der Waals surface area contributed by atoms with Crippen molar-refractivity contribution in [1.82, 2.24) is 15.2 Å². The van der Waals surface area contributed by atoms with E-state index in [1.165, 1.54) is 0 Å². The fourth-order valence-corrected chi connectivity index (χ4v) is 1.98. The van der Waals surface area contributed by atoms with Gasteiger partial charge in [0.1, 0.15) is 5.82 Å². The summed E-state index contributed by atoms with van der Waals surface area (Å²) in [4.78, 5) is 16.2. The van der Waals surface area contributed by atoms with Crippen LogP contribution in [0.4, 0.5) is 5.95 Å². The Hall–Kier alpha value is -2.95. The Labute approximate surface area is 122 Å². The van der Waals surface area contributed by atoms with Crippen molar-refractivity contribution in [2.75, 3.05) is 5.32 Å². The number of aromatic amines is 1. The Bertz CT molecular complexity index is 722. The van der Waals surface area contributed by atoms with Crippen molar-refractivity contribution in [2.24, 2.45) is 0 Å². The number of nitrogens with one attached hydrogen (secondary N) is 2. The summed E-state index contributed by atoms with van der Waals surface area (Å²) >= 11 is 0. The predicted molar refractivity (Wildman–Crippen MR) is 80.0 cm³/mol. The number of carbonyl (C=O) groups is 1. The number of carbonyl (C=O) groups excluding carboxylic acids is 1. The summed E-state index contributed by atoms with van der Waals surface area (Å²) in [5.74, 6) is 0.778. The van der Waals surface area contributed by atoms with Crippen LogP contribution >= 0.6 is 0 Å². The van der Waals surface area contributed by atoms with Gasteiger partial charge in [0.15, 0.2) is 0 Å². The molecule has 1 heterocycles. The van der Waals surface area contributed by atoms with Crippen LogP contribution in [0.1, 0.15) is 21.7 Å². The molecule has 3 aromatic rings. The molecule has 0 saturated heterocycles. The summed E-state index contributed by atoms with van der Waals surface area (Å²) in [5.41, 5.74) is 1.71. The zero-order valence-corrected chi connectivity index (χ0v) is 11.3. The molecule has 3 rings (SSSR count). The molecule has 2 aromatic carbocycles. The van der Waals surface area contributed by atoms with Crippen molar-refractivity contribution in [3.63, 3.8) is 0 Å². The van der Waals surface area contributed by atoms with E-state index in [1.54, 1.807) is 12.1 Å². The molecule has 0 fully saturated rings. The van der Waals surface area contributed by atoms with Crippen LogP contribution in [0.5, 0.6) is 0 Å². The Morgan fingerprint density at radius 1 is 1.00 bits per heavy atom. The number of nitrogens with zero attached hydrogens (tertiary/aromatic N) is 2. The van der Waals surface area contributed by atoms with Crippen LogP contribution in [0, 0.1) is 0 Å². The molecule has 0 radical (unpaired) electrons. The van der Waals surface area contributed by atoms with Gasteiger partial charge >= 0.3 is 0 Å². The second kappa shape index (κ2) is 6.00. The lowest BCUT2D eigenvalue weighted by molar-refractivity contribution is 0.102. The fraction of sp³-hybridized carbons (Fsp3) is 0.0625. The summed E-state index contributed by atoms with van der Waals surface area (Å²) in [5, 5.41) is 9.52. The van der Waals surface area contributed by atoms with Crippen LogP contribution in [0.2, 0.25) is 0 Å². The van der Waals surface area contributed by atoms with E-state index in [4.69, 9.17) is 0 Å². The minimum Gasteiger partial charge on any atom is -0.289 e. The number of aromatic nitrogens is 3. The summed E-state index contributed by atoms with van der Waals surface area (Å²) in [6.45, 7) is 0. The lowest BCUT2D eigenvalue weighted by Gasteiger charge is -1.99. The molecule has 1 aromatic heterocycles. The van der Waals surface area contributed by atoms with Crippen molar-refractivity contribution in [2.45, 2.75) is 6.42 Å². The van der Waals surface area contributed by atoms with Gasteiger partial charge in [-0.25, -0.2) is 0 Å². The molecule has 0 aliphatic rings. The van der Waals surface area contributed by atoms with Gasteiger partial charge in [-0.1, -0.05) is 48.5 Å². The van der Waals surface area contributed by atoms with Crippen molar-refractivity contribution < 1.29 is 4.79 Å². The van der Waals surface area contributed by atoms with Gasteiger partial charge < -0.3 is 0 Å². The molecule has 21 heavy (non-hydrogen) atoms. The van der Waals surface area contributed by atoms with Crippen LogP contribution < -0.4 is 5.32 Å². The molecule has 0 saturated carbocycles. The zero-order valence-electron chi connectivity index (χ0n) is 11.3. The van der Waals surface area contributed by atoms with E-state index in [2.05, 4.69) is 20.5 Å². The third-order valence-corrected chi connectivity index (χ3v) is 3.01. The largest absolute Gasteiger partial charge is 0.289 e. The highest BCUT2D eigenvalue weighted by atomic mass is 16.1. The van der Waals surface area contributed by atoms with E-state index in [1.807, 2.05) is 48.5 Å². The minimum atomic E-state index is -0.221. The first-order chi connectivity index (χ1) is 10.3. The summed E-state index contributed by atoms with van der Waals surface area (Å²) < 4.78 is 0. The van der Waals surface area contributed by atoms with Crippen LogP contribution in [0.25, 0.3) is 0 Å². The normalized spacial score (nSPS) is 10.3. The van der Waals surface area contributed by atoms with E-state index >= 15 is 0 Å². The number of hydrogen-bond donors (Lipinski definition) is 2. The molecule has 0 aliphatic carbocycles.